The fourth-order valence-electron chi connectivity index (χ4n) is 2.83. The molecular weight excluding hydrogens is 333 g/mol. The number of benzene rings is 1. The second kappa shape index (κ2) is 8.12. The minimum atomic E-state index is -0.242. The van der Waals surface area contributed by atoms with Gasteiger partial charge in [0.25, 0.3) is 5.91 Å². The first kappa shape index (κ1) is 18.1. The predicted molar refractivity (Wildman–Crippen MR) is 99.9 cm³/mol. The standard InChI is InChI=1S/C19H24FN5O/c1-14(2)11-21-19-22-12-15(13-23-19)18(26)25-9-7-24(8-10-25)17-5-3-16(20)4-6-17/h3-6,12-14H,7-11H2,1-2H3,(H,21,22,23). The van der Waals surface area contributed by atoms with Crippen molar-refractivity contribution >= 4 is 17.5 Å². The van der Waals surface area contributed by atoms with Gasteiger partial charge in [0, 0.05) is 50.8 Å². The lowest BCUT2D eigenvalue weighted by molar-refractivity contribution is 0.0746. The highest BCUT2D eigenvalue weighted by Gasteiger charge is 2.22. The zero-order valence-corrected chi connectivity index (χ0v) is 15.2. The summed E-state index contributed by atoms with van der Waals surface area (Å²) in [5.41, 5.74) is 1.47. The van der Waals surface area contributed by atoms with Gasteiger partial charge < -0.3 is 15.1 Å². The van der Waals surface area contributed by atoms with Crippen LogP contribution in [0.1, 0.15) is 24.2 Å². The van der Waals surface area contributed by atoms with Crippen LogP contribution in [0.2, 0.25) is 0 Å². The first-order valence-electron chi connectivity index (χ1n) is 8.88. The number of halogens is 1. The molecule has 2 heterocycles. The Balaban J connectivity index is 1.55. The maximum atomic E-state index is 13.0. The fraction of sp³-hybridized carbons (Fsp3) is 0.421. The average Bonchev–Trinajstić information content (AvgIpc) is 2.67. The van der Waals surface area contributed by atoms with Crippen LogP contribution in [0.25, 0.3) is 0 Å². The molecule has 0 saturated carbocycles. The molecular formula is C19H24FN5O. The summed E-state index contributed by atoms with van der Waals surface area (Å²) < 4.78 is 13.0. The molecule has 0 unspecified atom stereocenters. The molecule has 1 N–H and O–H groups in total. The topological polar surface area (TPSA) is 61.4 Å². The van der Waals surface area contributed by atoms with Crippen molar-refractivity contribution in [2.24, 2.45) is 5.92 Å². The molecule has 138 valence electrons. The number of carbonyl (C=O) groups excluding carboxylic acids is 1. The van der Waals surface area contributed by atoms with E-state index in [1.54, 1.807) is 29.4 Å². The molecule has 0 spiro atoms. The number of amides is 1. The molecule has 0 radical (unpaired) electrons. The zero-order valence-electron chi connectivity index (χ0n) is 15.2. The van der Waals surface area contributed by atoms with Crippen molar-refractivity contribution in [3.63, 3.8) is 0 Å². The summed E-state index contributed by atoms with van der Waals surface area (Å²) in [6.07, 6.45) is 3.15. The molecule has 0 atom stereocenters. The van der Waals surface area contributed by atoms with Gasteiger partial charge in [0.2, 0.25) is 5.95 Å². The quantitative estimate of drug-likeness (QED) is 0.891. The van der Waals surface area contributed by atoms with E-state index in [1.165, 1.54) is 12.1 Å². The van der Waals surface area contributed by atoms with Crippen molar-refractivity contribution in [2.45, 2.75) is 13.8 Å². The number of anilines is 2. The smallest absolute Gasteiger partial charge is 0.257 e. The van der Waals surface area contributed by atoms with E-state index in [-0.39, 0.29) is 11.7 Å². The Morgan fingerprint density at radius 3 is 2.31 bits per heavy atom. The Hall–Kier alpha value is -2.70. The Bertz CT molecular complexity index is 725. The van der Waals surface area contributed by atoms with Gasteiger partial charge in [-0.25, -0.2) is 14.4 Å². The van der Waals surface area contributed by atoms with Crippen LogP contribution in [-0.4, -0.2) is 53.5 Å². The maximum absolute atomic E-state index is 13.0. The van der Waals surface area contributed by atoms with Crippen LogP contribution < -0.4 is 10.2 Å². The molecule has 1 aliphatic heterocycles. The molecule has 0 aliphatic carbocycles. The van der Waals surface area contributed by atoms with Crippen LogP contribution in [0.5, 0.6) is 0 Å². The lowest BCUT2D eigenvalue weighted by Gasteiger charge is -2.36. The number of nitrogens with one attached hydrogen (secondary N) is 1. The second-order valence-corrected chi connectivity index (χ2v) is 6.83. The SMILES string of the molecule is CC(C)CNc1ncc(C(=O)N2CCN(c3ccc(F)cc3)CC2)cn1. The maximum Gasteiger partial charge on any atom is 0.257 e. The summed E-state index contributed by atoms with van der Waals surface area (Å²) in [7, 11) is 0. The summed E-state index contributed by atoms with van der Waals surface area (Å²) in [6.45, 7) is 7.66. The summed E-state index contributed by atoms with van der Waals surface area (Å²) in [4.78, 5) is 25.0. The van der Waals surface area contributed by atoms with Gasteiger partial charge in [-0.2, -0.15) is 0 Å². The van der Waals surface area contributed by atoms with Crippen LogP contribution in [0.4, 0.5) is 16.0 Å². The normalized spacial score (nSPS) is 14.6. The molecule has 1 aromatic carbocycles. The Morgan fingerprint density at radius 1 is 1.12 bits per heavy atom. The molecule has 26 heavy (non-hydrogen) atoms. The third-order valence-electron chi connectivity index (χ3n) is 4.33. The number of carbonyl (C=O) groups is 1. The minimum Gasteiger partial charge on any atom is -0.368 e. The van der Waals surface area contributed by atoms with Crippen LogP contribution in [0.3, 0.4) is 0 Å². The molecule has 1 aliphatic rings. The molecule has 7 heteroatoms. The first-order valence-corrected chi connectivity index (χ1v) is 8.88. The molecule has 1 fully saturated rings. The van der Waals surface area contributed by atoms with Gasteiger partial charge in [0.05, 0.1) is 5.56 Å². The van der Waals surface area contributed by atoms with Crippen LogP contribution >= 0.6 is 0 Å². The molecule has 1 saturated heterocycles. The van der Waals surface area contributed by atoms with Crippen molar-refractivity contribution in [1.29, 1.82) is 0 Å². The number of aromatic nitrogens is 2. The van der Waals surface area contributed by atoms with Crippen molar-refractivity contribution in [2.75, 3.05) is 42.9 Å². The van der Waals surface area contributed by atoms with Crippen LogP contribution in [0, 0.1) is 11.7 Å². The highest BCUT2D eigenvalue weighted by Crippen LogP contribution is 2.18. The molecule has 0 bridgehead atoms. The highest BCUT2D eigenvalue weighted by atomic mass is 19.1. The summed E-state index contributed by atoms with van der Waals surface area (Å²) >= 11 is 0. The van der Waals surface area contributed by atoms with Gasteiger partial charge in [0.15, 0.2) is 0 Å². The lowest BCUT2D eigenvalue weighted by Crippen LogP contribution is -2.48. The summed E-state index contributed by atoms with van der Waals surface area (Å²) in [5.74, 6) is 0.738. The molecule has 3 rings (SSSR count). The van der Waals surface area contributed by atoms with E-state index >= 15 is 0 Å². The number of hydrogen-bond acceptors (Lipinski definition) is 5. The van der Waals surface area contributed by atoms with Gasteiger partial charge >= 0.3 is 0 Å². The van der Waals surface area contributed by atoms with Gasteiger partial charge in [-0.1, -0.05) is 13.8 Å². The van der Waals surface area contributed by atoms with Gasteiger partial charge in [0.1, 0.15) is 5.82 Å². The Morgan fingerprint density at radius 2 is 1.73 bits per heavy atom. The number of nitrogens with zero attached hydrogens (tertiary/aromatic N) is 4. The van der Waals surface area contributed by atoms with Crippen molar-refractivity contribution in [3.05, 3.63) is 48.0 Å². The average molecular weight is 357 g/mol. The van der Waals surface area contributed by atoms with Gasteiger partial charge in [-0.3, -0.25) is 4.79 Å². The molecule has 1 amide bonds. The zero-order chi connectivity index (χ0) is 18.5. The lowest BCUT2D eigenvalue weighted by atomic mass is 10.2. The van der Waals surface area contributed by atoms with E-state index in [4.69, 9.17) is 0 Å². The monoisotopic (exact) mass is 357 g/mol. The molecule has 6 nitrogen and oxygen atoms in total. The van der Waals surface area contributed by atoms with E-state index in [0.29, 0.717) is 43.6 Å². The van der Waals surface area contributed by atoms with Gasteiger partial charge in [-0.05, 0) is 30.2 Å². The minimum absolute atomic E-state index is 0.0563. The van der Waals surface area contributed by atoms with Gasteiger partial charge in [-0.15, -0.1) is 0 Å². The molecule has 2 aromatic rings. The van der Waals surface area contributed by atoms with Crippen molar-refractivity contribution in [1.82, 2.24) is 14.9 Å². The van der Waals surface area contributed by atoms with E-state index in [2.05, 4.69) is 34.0 Å². The van der Waals surface area contributed by atoms with Crippen LogP contribution in [-0.2, 0) is 0 Å². The Kier molecular flexibility index (Phi) is 5.65. The summed E-state index contributed by atoms with van der Waals surface area (Å²) in [6, 6.07) is 6.45. The number of piperazine rings is 1. The summed E-state index contributed by atoms with van der Waals surface area (Å²) in [5, 5.41) is 3.14. The Labute approximate surface area is 153 Å². The largest absolute Gasteiger partial charge is 0.368 e. The third-order valence-corrected chi connectivity index (χ3v) is 4.33. The first-order chi connectivity index (χ1) is 12.5. The van der Waals surface area contributed by atoms with Crippen molar-refractivity contribution < 1.29 is 9.18 Å². The highest BCUT2D eigenvalue weighted by molar-refractivity contribution is 5.93. The van der Waals surface area contributed by atoms with E-state index in [1.807, 2.05) is 0 Å². The third kappa shape index (κ3) is 4.47. The van der Waals surface area contributed by atoms with E-state index in [9.17, 15) is 9.18 Å². The molecule has 1 aromatic heterocycles. The second-order valence-electron chi connectivity index (χ2n) is 6.83. The predicted octanol–water partition coefficient (Wildman–Crippen LogP) is 2.65. The van der Waals surface area contributed by atoms with Crippen LogP contribution in [0.15, 0.2) is 36.7 Å². The van der Waals surface area contributed by atoms with E-state index < -0.39 is 0 Å². The fourth-order valence-corrected chi connectivity index (χ4v) is 2.83. The number of hydrogen-bond donors (Lipinski definition) is 1. The van der Waals surface area contributed by atoms with E-state index in [0.717, 1.165) is 12.2 Å². The number of rotatable bonds is 5. The van der Waals surface area contributed by atoms with Crippen molar-refractivity contribution in [3.8, 4) is 0 Å².